The van der Waals surface area contributed by atoms with Gasteiger partial charge >= 0.3 is 6.09 Å². The Kier molecular flexibility index (Phi) is 12.6. The molecule has 340 valence electrons. The fourth-order valence-corrected chi connectivity index (χ4v) is 10.2. The molecular weight excluding hydrogens is 848 g/mol. The van der Waals surface area contributed by atoms with Crippen molar-refractivity contribution in [1.82, 2.24) is 40.4 Å². The summed E-state index contributed by atoms with van der Waals surface area (Å²) < 4.78 is 22.1. The van der Waals surface area contributed by atoms with Gasteiger partial charge in [0.05, 0.1) is 49.6 Å². The van der Waals surface area contributed by atoms with Gasteiger partial charge < -0.3 is 44.0 Å². The Labute approximate surface area is 382 Å². The minimum Gasteiger partial charge on any atom is -0.488 e. The van der Waals surface area contributed by atoms with Crippen LogP contribution in [0.3, 0.4) is 0 Å². The third-order valence-electron chi connectivity index (χ3n) is 13.2. The topological polar surface area (TPSA) is 176 Å². The Morgan fingerprint density at radius 2 is 1.71 bits per heavy atom. The second kappa shape index (κ2) is 18.5. The third kappa shape index (κ3) is 8.42. The lowest BCUT2D eigenvalue weighted by Gasteiger charge is -2.33. The van der Waals surface area contributed by atoms with Gasteiger partial charge in [0.2, 0.25) is 5.91 Å². The number of imidazole rings is 2. The van der Waals surface area contributed by atoms with Gasteiger partial charge in [-0.05, 0) is 78.4 Å². The predicted octanol–water partition coefficient (Wildman–Crippen LogP) is 8.22. The fourth-order valence-electron chi connectivity index (χ4n) is 9.95. The lowest BCUT2D eigenvalue weighted by Crippen LogP contribution is -2.51. The minimum absolute atomic E-state index is 0.0306. The zero-order valence-electron chi connectivity index (χ0n) is 37.4. The quantitative estimate of drug-likeness (QED) is 0.0827. The second-order valence-electron chi connectivity index (χ2n) is 17.7. The number of aromatic amines is 2. The number of hydrogen-bond donors (Lipinski definition) is 4. The van der Waals surface area contributed by atoms with E-state index in [2.05, 4.69) is 63.9 Å². The van der Waals surface area contributed by atoms with Crippen LogP contribution in [0.2, 0.25) is 5.15 Å². The summed E-state index contributed by atoms with van der Waals surface area (Å²) in [7, 11) is 4.53. The number of benzene rings is 4. The number of amides is 3. The molecule has 4 N–H and O–H groups in total. The smallest absolute Gasteiger partial charge is 0.407 e. The largest absolute Gasteiger partial charge is 0.488 e. The molecule has 15 nitrogen and oxygen atoms in total. The molecule has 0 aliphatic carbocycles. The maximum Gasteiger partial charge on any atom is 0.407 e. The highest BCUT2D eigenvalue weighted by Gasteiger charge is 2.43. The molecule has 4 aromatic carbocycles. The van der Waals surface area contributed by atoms with E-state index in [1.54, 1.807) is 31.3 Å². The number of ether oxygens (including phenoxy) is 4. The number of rotatable bonds is 13. The first kappa shape index (κ1) is 44.2. The molecular formula is C49H55ClN8O7. The van der Waals surface area contributed by atoms with Crippen molar-refractivity contribution < 1.29 is 33.3 Å². The summed E-state index contributed by atoms with van der Waals surface area (Å²) in [4.78, 5) is 61.6. The normalized spacial score (nSPS) is 20.2. The minimum atomic E-state index is -0.975. The van der Waals surface area contributed by atoms with E-state index in [9.17, 15) is 14.4 Å². The van der Waals surface area contributed by atoms with Gasteiger partial charge in [-0.25, -0.2) is 14.8 Å². The van der Waals surface area contributed by atoms with E-state index < -0.39 is 18.2 Å². The molecule has 0 bridgehead atoms. The first-order valence-corrected chi connectivity index (χ1v) is 22.6. The molecule has 0 saturated carbocycles. The fraction of sp³-hybridized carbons (Fsp3) is 0.408. The number of nitrogens with zero attached hydrogens (tertiary/aromatic N) is 4. The van der Waals surface area contributed by atoms with Gasteiger partial charge in [-0.3, -0.25) is 14.9 Å². The first-order valence-electron chi connectivity index (χ1n) is 22.2. The molecule has 16 heteroatoms. The van der Waals surface area contributed by atoms with E-state index in [1.807, 2.05) is 43.0 Å². The highest BCUT2D eigenvalue weighted by atomic mass is 35.5. The highest BCUT2D eigenvalue weighted by Crippen LogP contribution is 2.45. The molecule has 9 rings (SSSR count). The van der Waals surface area contributed by atoms with E-state index in [-0.39, 0.29) is 41.8 Å². The number of alkyl carbamates (subject to hydrolysis) is 1. The summed E-state index contributed by atoms with van der Waals surface area (Å²) in [5, 5.41) is 8.34. The van der Waals surface area contributed by atoms with Crippen LogP contribution in [0.1, 0.15) is 80.9 Å². The molecule has 2 fully saturated rings. The van der Waals surface area contributed by atoms with Crippen molar-refractivity contribution in [2.24, 2.45) is 11.8 Å². The summed E-state index contributed by atoms with van der Waals surface area (Å²) in [5.41, 5.74) is 6.73. The Morgan fingerprint density at radius 3 is 2.46 bits per heavy atom. The van der Waals surface area contributed by atoms with Crippen molar-refractivity contribution in [2.45, 2.75) is 76.8 Å². The van der Waals surface area contributed by atoms with Gasteiger partial charge in [-0.2, -0.15) is 0 Å². The molecule has 3 amide bonds. The van der Waals surface area contributed by atoms with Crippen molar-refractivity contribution in [3.8, 4) is 28.1 Å². The molecule has 2 saturated heterocycles. The van der Waals surface area contributed by atoms with Crippen molar-refractivity contribution >= 4 is 51.3 Å². The lowest BCUT2D eigenvalue weighted by molar-refractivity contribution is -0.138. The maximum absolute atomic E-state index is 14.4. The van der Waals surface area contributed by atoms with Gasteiger partial charge in [0.1, 0.15) is 40.9 Å². The standard InChI is InChI=1S/C49H55ClN8O7/c1-26(2)40(51-25-63-5)48(60)58-27(3)12-17-37(58)45-52-36-16-14-30-20-35-33-15-13-31(19-32(33)24-65-39(35)21-34(30)43(36)54-45)41-44(50)56-46(53-41)38-18-28(23-62-4)22-57(38)47(59)42(55-49(61)64-6)29-10-8-7-9-11-29/h7-11,13-16,19-21,26-28,37-38,40,42,51H,12,17-18,22-25H2,1-6H3,(H,52,54)(H,53,56)(H,55,61)/t27-,28-,37-,38-,40-,42+/m0/s1. The SMILES string of the molecule is COCN[C@H](C(=O)N1[C@@H](C)CC[C@H]1c1nc2c(ccc3cc4c(cc32)OCc2cc(-c3nc([C@@H]5C[C@H](COC)CN5C(=O)[C@H](NC(=O)OC)c5ccccc5)[nH]c3Cl)ccc2-4)[nH]1)C(C)C. The van der Waals surface area contributed by atoms with Crippen LogP contribution < -0.4 is 15.4 Å². The van der Waals surface area contributed by atoms with Crippen LogP contribution in [0.15, 0.2) is 72.8 Å². The number of nitrogens with one attached hydrogen (secondary N) is 4. The van der Waals surface area contributed by atoms with E-state index in [1.165, 1.54) is 7.11 Å². The maximum atomic E-state index is 14.4. The van der Waals surface area contributed by atoms with E-state index >= 15 is 0 Å². The number of halogens is 1. The number of methoxy groups -OCH3 is 3. The van der Waals surface area contributed by atoms with Crippen LogP contribution in [0.25, 0.3) is 44.2 Å². The molecule has 2 aromatic heterocycles. The van der Waals surface area contributed by atoms with Crippen LogP contribution in [-0.2, 0) is 30.4 Å². The molecule has 6 atom stereocenters. The Morgan fingerprint density at radius 1 is 0.908 bits per heavy atom. The second-order valence-corrected chi connectivity index (χ2v) is 18.1. The van der Waals surface area contributed by atoms with Crippen LogP contribution >= 0.6 is 11.6 Å². The van der Waals surface area contributed by atoms with Gasteiger partial charge in [0, 0.05) is 49.2 Å². The average Bonchev–Trinajstić information content (AvgIpc) is 4.12. The third-order valence-corrected chi connectivity index (χ3v) is 13.4. The molecule has 65 heavy (non-hydrogen) atoms. The van der Waals surface area contributed by atoms with E-state index in [0.717, 1.165) is 68.5 Å². The molecule has 0 unspecified atom stereocenters. The molecule has 5 heterocycles. The summed E-state index contributed by atoms with van der Waals surface area (Å²) in [6.45, 7) is 7.69. The number of H-pyrrole nitrogens is 2. The van der Waals surface area contributed by atoms with Gasteiger partial charge in [-0.1, -0.05) is 74.0 Å². The Balaban J connectivity index is 0.990. The number of aromatic nitrogens is 4. The first-order chi connectivity index (χ1) is 31.5. The van der Waals surface area contributed by atoms with Crippen molar-refractivity contribution in [2.75, 3.05) is 41.2 Å². The summed E-state index contributed by atoms with van der Waals surface area (Å²) in [6, 6.07) is 21.7. The predicted molar refractivity (Wildman–Crippen MR) is 247 cm³/mol. The molecule has 0 radical (unpaired) electrons. The molecule has 3 aliphatic rings. The molecule has 3 aliphatic heterocycles. The lowest BCUT2D eigenvalue weighted by atomic mass is 9.92. The zero-order chi connectivity index (χ0) is 45.5. The van der Waals surface area contributed by atoms with Crippen molar-refractivity contribution in [3.63, 3.8) is 0 Å². The molecule has 0 spiro atoms. The number of fused-ring (bicyclic) bond motifs is 6. The van der Waals surface area contributed by atoms with E-state index in [4.69, 9.17) is 40.5 Å². The number of carbonyl (C=O) groups excluding carboxylic acids is 3. The van der Waals surface area contributed by atoms with Gasteiger partial charge in [0.25, 0.3) is 5.91 Å². The van der Waals surface area contributed by atoms with Crippen molar-refractivity contribution in [3.05, 3.63) is 101 Å². The number of likely N-dealkylation sites (tertiary alicyclic amines) is 2. The van der Waals surface area contributed by atoms with Gasteiger partial charge in [-0.15, -0.1) is 0 Å². The Hall–Kier alpha value is -6.00. The monoisotopic (exact) mass is 902 g/mol. The summed E-state index contributed by atoms with van der Waals surface area (Å²) in [5.74, 6) is 1.97. The summed E-state index contributed by atoms with van der Waals surface area (Å²) in [6.07, 6.45) is 1.59. The van der Waals surface area contributed by atoms with Crippen LogP contribution in [-0.4, -0.2) is 101 Å². The Bertz CT molecular complexity index is 2740. The highest BCUT2D eigenvalue weighted by molar-refractivity contribution is 6.32. The molecule has 6 aromatic rings. The van der Waals surface area contributed by atoms with Crippen LogP contribution in [0, 0.1) is 11.8 Å². The number of hydrogen-bond acceptors (Lipinski definition) is 10. The van der Waals surface area contributed by atoms with Crippen molar-refractivity contribution in [1.29, 1.82) is 0 Å². The van der Waals surface area contributed by atoms with Crippen LogP contribution in [0.4, 0.5) is 4.79 Å². The van der Waals surface area contributed by atoms with Gasteiger partial charge in [0.15, 0.2) is 0 Å². The zero-order valence-corrected chi connectivity index (χ0v) is 38.2. The average molecular weight is 903 g/mol. The van der Waals surface area contributed by atoms with Crippen LogP contribution in [0.5, 0.6) is 5.75 Å². The van der Waals surface area contributed by atoms with E-state index in [0.29, 0.717) is 55.1 Å². The summed E-state index contributed by atoms with van der Waals surface area (Å²) >= 11 is 6.94. The number of carbonyl (C=O) groups is 3.